The van der Waals surface area contributed by atoms with Crippen molar-refractivity contribution in [1.82, 2.24) is 0 Å². The van der Waals surface area contributed by atoms with Crippen LogP contribution in [-0.4, -0.2) is 18.3 Å². The molecule has 0 amide bonds. The van der Waals surface area contributed by atoms with Gasteiger partial charge >= 0.3 is 0 Å². The highest BCUT2D eigenvalue weighted by Crippen LogP contribution is 2.69. The van der Waals surface area contributed by atoms with E-state index >= 15 is 0 Å². The van der Waals surface area contributed by atoms with Crippen LogP contribution in [0.3, 0.4) is 0 Å². The second-order valence-corrected chi connectivity index (χ2v) is 8.88. The zero-order valence-electron chi connectivity index (χ0n) is 16.6. The van der Waals surface area contributed by atoms with E-state index in [0.29, 0.717) is 30.8 Å². The second-order valence-electron chi connectivity index (χ2n) is 7.96. The molecule has 2 aliphatic heterocycles. The standard InChI is InChI=1S/C22H21BrN4O3/c1-2-28-16-8-7-14(23)10-15(16)18-20(11-24,12-25)21(13-26)17-6-4-3-5-9-22(17,29-18)30-19(21)27/h7-8,10,17-18,27H,2-6,9H2,1H3. The van der Waals surface area contributed by atoms with Gasteiger partial charge in [0.1, 0.15) is 11.9 Å². The van der Waals surface area contributed by atoms with Gasteiger partial charge in [-0.05, 0) is 38.0 Å². The van der Waals surface area contributed by atoms with E-state index in [0.717, 1.165) is 23.7 Å². The monoisotopic (exact) mass is 468 g/mol. The third-order valence-corrected chi connectivity index (χ3v) is 7.11. The van der Waals surface area contributed by atoms with Crippen LogP contribution in [0, 0.1) is 56.2 Å². The van der Waals surface area contributed by atoms with Crippen molar-refractivity contribution in [3.63, 3.8) is 0 Å². The molecular weight excluding hydrogens is 448 g/mol. The Morgan fingerprint density at radius 2 is 1.97 bits per heavy atom. The van der Waals surface area contributed by atoms with Crippen molar-refractivity contribution in [2.24, 2.45) is 16.7 Å². The number of hydrogen-bond acceptors (Lipinski definition) is 7. The Morgan fingerprint density at radius 3 is 2.63 bits per heavy atom. The largest absolute Gasteiger partial charge is 0.493 e. The van der Waals surface area contributed by atoms with Gasteiger partial charge in [0.2, 0.25) is 17.1 Å². The van der Waals surface area contributed by atoms with Gasteiger partial charge in [-0.25, -0.2) is 0 Å². The molecule has 154 valence electrons. The summed E-state index contributed by atoms with van der Waals surface area (Å²) in [6.45, 7) is 2.23. The first-order chi connectivity index (χ1) is 14.4. The smallest absolute Gasteiger partial charge is 0.217 e. The van der Waals surface area contributed by atoms with E-state index in [9.17, 15) is 15.8 Å². The van der Waals surface area contributed by atoms with Crippen molar-refractivity contribution in [1.29, 1.82) is 21.2 Å². The summed E-state index contributed by atoms with van der Waals surface area (Å²) in [5, 5.41) is 39.7. The van der Waals surface area contributed by atoms with Crippen molar-refractivity contribution in [3.8, 4) is 24.0 Å². The van der Waals surface area contributed by atoms with E-state index in [1.165, 1.54) is 0 Å². The van der Waals surface area contributed by atoms with Crippen LogP contribution in [0.5, 0.6) is 5.75 Å². The summed E-state index contributed by atoms with van der Waals surface area (Å²) in [5.74, 6) is -1.61. The first-order valence-electron chi connectivity index (χ1n) is 10.1. The predicted molar refractivity (Wildman–Crippen MR) is 109 cm³/mol. The number of benzene rings is 1. The van der Waals surface area contributed by atoms with Crippen molar-refractivity contribution in [2.75, 3.05) is 6.61 Å². The Bertz CT molecular complexity index is 1010. The molecule has 7 nitrogen and oxygen atoms in total. The molecule has 1 aromatic rings. The lowest BCUT2D eigenvalue weighted by Crippen LogP contribution is -2.59. The van der Waals surface area contributed by atoms with Crippen LogP contribution < -0.4 is 4.74 Å². The Balaban J connectivity index is 2.02. The Hall–Kier alpha value is -2.60. The van der Waals surface area contributed by atoms with Gasteiger partial charge < -0.3 is 14.2 Å². The van der Waals surface area contributed by atoms with Gasteiger partial charge in [-0.1, -0.05) is 28.8 Å². The van der Waals surface area contributed by atoms with Crippen molar-refractivity contribution < 1.29 is 14.2 Å². The zero-order valence-corrected chi connectivity index (χ0v) is 18.2. The van der Waals surface area contributed by atoms with Crippen LogP contribution in [0.1, 0.15) is 50.7 Å². The molecule has 3 aliphatic rings. The number of nitriles is 3. The van der Waals surface area contributed by atoms with Gasteiger partial charge in [0.25, 0.3) is 0 Å². The summed E-state index contributed by atoms with van der Waals surface area (Å²) < 4.78 is 19.0. The molecular formula is C22H21BrN4O3. The van der Waals surface area contributed by atoms with Crippen molar-refractivity contribution in [2.45, 2.75) is 50.9 Å². The third-order valence-electron chi connectivity index (χ3n) is 6.62. The molecule has 2 bridgehead atoms. The average Bonchev–Trinajstić information content (AvgIpc) is 2.86. The Morgan fingerprint density at radius 1 is 1.20 bits per heavy atom. The van der Waals surface area contributed by atoms with E-state index in [1.54, 1.807) is 18.2 Å². The third kappa shape index (κ3) is 2.46. The quantitative estimate of drug-likeness (QED) is 0.682. The minimum absolute atomic E-state index is 0.338. The predicted octanol–water partition coefficient (Wildman–Crippen LogP) is 4.75. The number of rotatable bonds is 3. The van der Waals surface area contributed by atoms with E-state index in [4.69, 9.17) is 19.6 Å². The lowest BCUT2D eigenvalue weighted by atomic mass is 9.52. The molecule has 1 aromatic carbocycles. The first-order valence-corrected chi connectivity index (χ1v) is 10.9. The number of nitrogens with one attached hydrogen (secondary N) is 1. The van der Waals surface area contributed by atoms with Crippen LogP contribution >= 0.6 is 15.9 Å². The van der Waals surface area contributed by atoms with Crippen molar-refractivity contribution in [3.05, 3.63) is 28.2 Å². The van der Waals surface area contributed by atoms with Gasteiger partial charge in [-0.2, -0.15) is 15.8 Å². The average molecular weight is 469 g/mol. The molecule has 1 aliphatic carbocycles. The number of nitrogens with zero attached hydrogens (tertiary/aromatic N) is 3. The van der Waals surface area contributed by atoms with Gasteiger partial charge in [0, 0.05) is 16.5 Å². The summed E-state index contributed by atoms with van der Waals surface area (Å²) in [5.41, 5.74) is -3.18. The normalized spacial score (nSPS) is 33.8. The number of hydrogen-bond donors (Lipinski definition) is 1. The maximum atomic E-state index is 10.4. The molecule has 4 unspecified atom stereocenters. The molecule has 0 radical (unpaired) electrons. The number of halogens is 1. The molecule has 4 rings (SSSR count). The van der Waals surface area contributed by atoms with E-state index in [2.05, 4.69) is 34.1 Å². The summed E-state index contributed by atoms with van der Waals surface area (Å²) in [6, 6.07) is 11.7. The van der Waals surface area contributed by atoms with Crippen molar-refractivity contribution >= 4 is 21.8 Å². The van der Waals surface area contributed by atoms with Crippen LogP contribution in [-0.2, 0) is 9.47 Å². The van der Waals surface area contributed by atoms with Crippen LogP contribution in [0.25, 0.3) is 0 Å². The highest BCUT2D eigenvalue weighted by atomic mass is 79.9. The SMILES string of the molecule is CCOc1ccc(Br)cc1C1OC23CCCCCC2C(C#N)(C(=N)O3)C1(C#N)C#N. The molecule has 0 aromatic heterocycles. The fourth-order valence-electron chi connectivity index (χ4n) is 5.33. The van der Waals surface area contributed by atoms with Crippen LogP contribution in [0.4, 0.5) is 0 Å². The van der Waals surface area contributed by atoms with Gasteiger partial charge in [0.05, 0.1) is 30.7 Å². The molecule has 1 saturated carbocycles. The minimum Gasteiger partial charge on any atom is -0.493 e. The van der Waals surface area contributed by atoms with E-state index in [-0.39, 0.29) is 5.90 Å². The fraction of sp³-hybridized carbons (Fsp3) is 0.545. The minimum atomic E-state index is -1.96. The lowest BCUT2D eigenvalue weighted by molar-refractivity contribution is -0.285. The van der Waals surface area contributed by atoms with Crippen LogP contribution in [0.15, 0.2) is 22.7 Å². The summed E-state index contributed by atoms with van der Waals surface area (Å²) in [4.78, 5) is 0. The molecule has 8 heteroatoms. The zero-order chi connectivity index (χ0) is 21.6. The molecule has 30 heavy (non-hydrogen) atoms. The lowest BCUT2D eigenvalue weighted by Gasteiger charge is -2.49. The highest BCUT2D eigenvalue weighted by Gasteiger charge is 2.80. The highest BCUT2D eigenvalue weighted by molar-refractivity contribution is 9.10. The fourth-order valence-corrected chi connectivity index (χ4v) is 5.71. The van der Waals surface area contributed by atoms with Gasteiger partial charge in [-0.15, -0.1) is 0 Å². The molecule has 2 heterocycles. The maximum Gasteiger partial charge on any atom is 0.217 e. The number of ether oxygens (including phenoxy) is 3. The summed E-state index contributed by atoms with van der Waals surface area (Å²) >= 11 is 3.45. The Labute approximate surface area is 183 Å². The van der Waals surface area contributed by atoms with E-state index < -0.39 is 28.6 Å². The summed E-state index contributed by atoms with van der Waals surface area (Å²) in [6.07, 6.45) is 2.55. The molecule has 3 fully saturated rings. The van der Waals surface area contributed by atoms with E-state index in [1.807, 2.05) is 6.92 Å². The molecule has 4 atom stereocenters. The molecule has 1 N–H and O–H groups in total. The maximum absolute atomic E-state index is 10.4. The van der Waals surface area contributed by atoms with Gasteiger partial charge in [-0.3, -0.25) is 5.41 Å². The first kappa shape index (κ1) is 20.7. The summed E-state index contributed by atoms with van der Waals surface area (Å²) in [7, 11) is 0. The van der Waals surface area contributed by atoms with Gasteiger partial charge in [0.15, 0.2) is 5.41 Å². The molecule has 2 saturated heterocycles. The second kappa shape index (κ2) is 7.27. The topological polar surface area (TPSA) is 123 Å². The van der Waals surface area contributed by atoms with Crippen LogP contribution in [0.2, 0.25) is 0 Å². The Kier molecular flexibility index (Phi) is 5.01. The molecule has 0 spiro atoms.